The lowest BCUT2D eigenvalue weighted by molar-refractivity contribution is 0.182. The predicted molar refractivity (Wildman–Crippen MR) is 76.3 cm³/mol. The minimum atomic E-state index is 0.874. The molecule has 1 fully saturated rings. The highest BCUT2D eigenvalue weighted by Gasteiger charge is 2.19. The van der Waals surface area contributed by atoms with E-state index in [-0.39, 0.29) is 0 Å². The van der Waals surface area contributed by atoms with Gasteiger partial charge in [0.2, 0.25) is 0 Å². The Balaban J connectivity index is 2.30. The summed E-state index contributed by atoms with van der Waals surface area (Å²) in [5.41, 5.74) is 0. The smallest absolute Gasteiger partial charge is 0.00926 e. The molecular weight excluding hydrogens is 262 g/mol. The van der Waals surface area contributed by atoms with E-state index in [1.807, 2.05) is 0 Å². The van der Waals surface area contributed by atoms with E-state index in [9.17, 15) is 0 Å². The summed E-state index contributed by atoms with van der Waals surface area (Å²) in [6.07, 6.45) is 9.79. The van der Waals surface area contributed by atoms with Gasteiger partial charge in [-0.2, -0.15) is 0 Å². The molecule has 2 unspecified atom stereocenters. The standard InChI is InChI=1S/C14H28BrN/c1-3-14-7-5-4-6-11-16(14)12-9-13(2)8-10-15/h13-14H,3-12H2,1-2H3. The Morgan fingerprint density at radius 1 is 1.25 bits per heavy atom. The Morgan fingerprint density at radius 2 is 2.06 bits per heavy atom. The van der Waals surface area contributed by atoms with Crippen molar-refractivity contribution in [2.75, 3.05) is 18.4 Å². The normalized spacial score (nSPS) is 25.3. The van der Waals surface area contributed by atoms with Crippen molar-refractivity contribution in [2.24, 2.45) is 5.92 Å². The van der Waals surface area contributed by atoms with E-state index in [2.05, 4.69) is 34.7 Å². The number of halogens is 1. The fraction of sp³-hybridized carbons (Fsp3) is 1.00. The molecule has 0 aromatic carbocycles. The summed E-state index contributed by atoms with van der Waals surface area (Å²) in [6, 6.07) is 0.874. The van der Waals surface area contributed by atoms with E-state index in [4.69, 9.17) is 0 Å². The second-order valence-electron chi connectivity index (χ2n) is 5.32. The molecule has 0 bridgehead atoms. The highest BCUT2D eigenvalue weighted by Crippen LogP contribution is 2.20. The average Bonchev–Trinajstić information content (AvgIpc) is 2.51. The number of alkyl halides is 1. The van der Waals surface area contributed by atoms with Gasteiger partial charge in [-0.15, -0.1) is 0 Å². The van der Waals surface area contributed by atoms with Crippen LogP contribution >= 0.6 is 15.9 Å². The first-order chi connectivity index (χ1) is 7.77. The summed E-state index contributed by atoms with van der Waals surface area (Å²) in [5.74, 6) is 0.875. The quantitative estimate of drug-likeness (QED) is 0.653. The van der Waals surface area contributed by atoms with Crippen molar-refractivity contribution in [3.63, 3.8) is 0 Å². The number of nitrogens with zero attached hydrogens (tertiary/aromatic N) is 1. The molecule has 2 atom stereocenters. The minimum absolute atomic E-state index is 0.874. The third-order valence-electron chi connectivity index (χ3n) is 3.98. The molecule has 2 heteroatoms. The lowest BCUT2D eigenvalue weighted by Gasteiger charge is -2.30. The van der Waals surface area contributed by atoms with Gasteiger partial charge in [0.1, 0.15) is 0 Å². The molecule has 96 valence electrons. The van der Waals surface area contributed by atoms with Gasteiger partial charge in [-0.25, -0.2) is 0 Å². The van der Waals surface area contributed by atoms with Crippen LogP contribution in [0.4, 0.5) is 0 Å². The van der Waals surface area contributed by atoms with Gasteiger partial charge >= 0.3 is 0 Å². The van der Waals surface area contributed by atoms with Crippen LogP contribution in [-0.2, 0) is 0 Å². The Labute approximate surface area is 110 Å². The largest absolute Gasteiger partial charge is 0.300 e. The molecule has 1 nitrogen and oxygen atoms in total. The molecule has 1 saturated heterocycles. The van der Waals surface area contributed by atoms with Crippen LogP contribution in [0.1, 0.15) is 58.8 Å². The maximum atomic E-state index is 3.54. The monoisotopic (exact) mass is 289 g/mol. The van der Waals surface area contributed by atoms with Crippen LogP contribution in [0.25, 0.3) is 0 Å². The van der Waals surface area contributed by atoms with Crippen molar-refractivity contribution in [2.45, 2.75) is 64.8 Å². The van der Waals surface area contributed by atoms with Gasteiger partial charge in [0, 0.05) is 11.4 Å². The lowest BCUT2D eigenvalue weighted by atomic mass is 10.0. The summed E-state index contributed by atoms with van der Waals surface area (Å²) in [5, 5.41) is 1.16. The summed E-state index contributed by atoms with van der Waals surface area (Å²) in [6.45, 7) is 7.41. The van der Waals surface area contributed by atoms with Crippen LogP contribution in [-0.4, -0.2) is 29.4 Å². The fourth-order valence-electron chi connectivity index (χ4n) is 2.71. The summed E-state index contributed by atoms with van der Waals surface area (Å²) in [7, 11) is 0. The molecule has 0 amide bonds. The van der Waals surface area contributed by atoms with Crippen molar-refractivity contribution in [1.82, 2.24) is 4.90 Å². The average molecular weight is 290 g/mol. The first-order valence-corrected chi connectivity index (χ1v) is 8.20. The van der Waals surface area contributed by atoms with E-state index < -0.39 is 0 Å². The summed E-state index contributed by atoms with van der Waals surface area (Å²) >= 11 is 3.54. The minimum Gasteiger partial charge on any atom is -0.300 e. The third kappa shape index (κ3) is 5.18. The van der Waals surface area contributed by atoms with Gasteiger partial charge in [0.25, 0.3) is 0 Å². The number of hydrogen-bond donors (Lipinski definition) is 0. The van der Waals surface area contributed by atoms with Crippen molar-refractivity contribution >= 4 is 15.9 Å². The molecule has 0 spiro atoms. The first-order valence-electron chi connectivity index (χ1n) is 7.08. The number of hydrogen-bond acceptors (Lipinski definition) is 1. The molecule has 1 heterocycles. The summed E-state index contributed by atoms with van der Waals surface area (Å²) < 4.78 is 0. The van der Waals surface area contributed by atoms with Gasteiger partial charge in [-0.3, -0.25) is 0 Å². The SMILES string of the molecule is CCC1CCCCCN1CCC(C)CCBr. The molecule has 0 aromatic heterocycles. The Hall–Kier alpha value is 0.440. The van der Waals surface area contributed by atoms with E-state index in [1.165, 1.54) is 58.0 Å². The van der Waals surface area contributed by atoms with Crippen molar-refractivity contribution < 1.29 is 0 Å². The summed E-state index contributed by atoms with van der Waals surface area (Å²) in [4.78, 5) is 2.76. The van der Waals surface area contributed by atoms with E-state index in [0.717, 1.165) is 17.3 Å². The lowest BCUT2D eigenvalue weighted by Crippen LogP contribution is -2.35. The van der Waals surface area contributed by atoms with Crippen LogP contribution in [0, 0.1) is 5.92 Å². The fourth-order valence-corrected chi connectivity index (χ4v) is 3.49. The van der Waals surface area contributed by atoms with E-state index in [1.54, 1.807) is 0 Å². The molecule has 0 saturated carbocycles. The van der Waals surface area contributed by atoms with Gasteiger partial charge < -0.3 is 4.90 Å². The van der Waals surface area contributed by atoms with Crippen molar-refractivity contribution in [3.05, 3.63) is 0 Å². The Kier molecular flexibility index (Phi) is 7.72. The van der Waals surface area contributed by atoms with Gasteiger partial charge in [0.15, 0.2) is 0 Å². The molecule has 0 aliphatic carbocycles. The topological polar surface area (TPSA) is 3.24 Å². The van der Waals surface area contributed by atoms with E-state index >= 15 is 0 Å². The number of likely N-dealkylation sites (tertiary alicyclic amines) is 1. The second-order valence-corrected chi connectivity index (χ2v) is 6.11. The third-order valence-corrected chi connectivity index (χ3v) is 4.44. The van der Waals surface area contributed by atoms with Gasteiger partial charge in [-0.1, -0.05) is 42.6 Å². The maximum Gasteiger partial charge on any atom is 0.00926 e. The van der Waals surface area contributed by atoms with Crippen LogP contribution in [0.3, 0.4) is 0 Å². The second kappa shape index (κ2) is 8.52. The van der Waals surface area contributed by atoms with Crippen LogP contribution in [0.5, 0.6) is 0 Å². The van der Waals surface area contributed by atoms with Gasteiger partial charge in [0.05, 0.1) is 0 Å². The van der Waals surface area contributed by atoms with Crippen molar-refractivity contribution in [1.29, 1.82) is 0 Å². The molecule has 1 aliphatic rings. The van der Waals surface area contributed by atoms with E-state index in [0.29, 0.717) is 0 Å². The highest BCUT2D eigenvalue weighted by molar-refractivity contribution is 9.09. The zero-order valence-electron chi connectivity index (χ0n) is 11.1. The molecule has 0 aromatic rings. The van der Waals surface area contributed by atoms with Crippen LogP contribution < -0.4 is 0 Å². The molecule has 1 rings (SSSR count). The molecule has 16 heavy (non-hydrogen) atoms. The van der Waals surface area contributed by atoms with Crippen molar-refractivity contribution in [3.8, 4) is 0 Å². The van der Waals surface area contributed by atoms with Crippen LogP contribution in [0.2, 0.25) is 0 Å². The molecule has 0 radical (unpaired) electrons. The first kappa shape index (κ1) is 14.5. The molecule has 1 aliphatic heterocycles. The van der Waals surface area contributed by atoms with Crippen LogP contribution in [0.15, 0.2) is 0 Å². The maximum absolute atomic E-state index is 3.54. The zero-order valence-corrected chi connectivity index (χ0v) is 12.6. The molecular formula is C14H28BrN. The molecule has 0 N–H and O–H groups in total. The zero-order chi connectivity index (χ0) is 11.8. The number of rotatable bonds is 6. The Bertz CT molecular complexity index is 172. The highest BCUT2D eigenvalue weighted by atomic mass is 79.9. The Morgan fingerprint density at radius 3 is 2.75 bits per heavy atom. The van der Waals surface area contributed by atoms with Gasteiger partial charge in [-0.05, 0) is 51.1 Å². The predicted octanol–water partition coefficient (Wildman–Crippen LogP) is 4.45.